The first kappa shape index (κ1) is 19.7. The summed E-state index contributed by atoms with van der Waals surface area (Å²) >= 11 is 0. The molecule has 1 aromatic rings. The number of ether oxygens (including phenoxy) is 1. The maximum atomic E-state index is 5.10. The number of nitrogens with zero attached hydrogens (tertiary/aromatic N) is 2. The number of guanidine groups is 1. The number of rotatable bonds is 11. The summed E-state index contributed by atoms with van der Waals surface area (Å²) in [5.74, 6) is 2.32. The fourth-order valence-corrected chi connectivity index (χ4v) is 3.06. The molecule has 25 heavy (non-hydrogen) atoms. The molecule has 1 fully saturated rings. The van der Waals surface area contributed by atoms with Crippen LogP contribution in [0, 0.1) is 5.92 Å². The molecule has 5 heteroatoms. The van der Waals surface area contributed by atoms with Crippen LogP contribution in [0.4, 0.5) is 0 Å². The molecule has 1 aromatic carbocycles. The molecule has 0 bridgehead atoms. The summed E-state index contributed by atoms with van der Waals surface area (Å²) in [4.78, 5) is 7.10. The van der Waals surface area contributed by atoms with Crippen molar-refractivity contribution in [2.24, 2.45) is 10.9 Å². The molecule has 1 aliphatic rings. The van der Waals surface area contributed by atoms with E-state index in [-0.39, 0.29) is 0 Å². The Labute approximate surface area is 152 Å². The highest BCUT2D eigenvalue weighted by atomic mass is 16.5. The Morgan fingerprint density at radius 1 is 1.24 bits per heavy atom. The van der Waals surface area contributed by atoms with E-state index in [0.29, 0.717) is 11.8 Å². The Kier molecular flexibility index (Phi) is 8.77. The van der Waals surface area contributed by atoms with Gasteiger partial charge in [-0.25, -0.2) is 0 Å². The fraction of sp³-hybridized carbons (Fsp3) is 0.650. The number of hydrogen-bond donors (Lipinski definition) is 2. The normalized spacial score (nSPS) is 19.9. The van der Waals surface area contributed by atoms with E-state index in [1.165, 1.54) is 12.0 Å². The summed E-state index contributed by atoms with van der Waals surface area (Å²) in [6.45, 7) is 7.70. The van der Waals surface area contributed by atoms with E-state index in [9.17, 15) is 0 Å². The van der Waals surface area contributed by atoms with Gasteiger partial charge in [0.05, 0.1) is 0 Å². The van der Waals surface area contributed by atoms with E-state index in [1.54, 1.807) is 7.11 Å². The average Bonchev–Trinajstić information content (AvgIpc) is 3.40. The van der Waals surface area contributed by atoms with Crippen LogP contribution in [0.25, 0.3) is 0 Å². The predicted molar refractivity (Wildman–Crippen MR) is 105 cm³/mol. The molecule has 1 saturated carbocycles. The van der Waals surface area contributed by atoms with E-state index in [1.807, 2.05) is 0 Å². The molecule has 2 rings (SSSR count). The van der Waals surface area contributed by atoms with Crippen LogP contribution >= 0.6 is 0 Å². The van der Waals surface area contributed by atoms with Gasteiger partial charge in [0, 0.05) is 46.4 Å². The van der Waals surface area contributed by atoms with Crippen LogP contribution in [0.2, 0.25) is 0 Å². The Hall–Kier alpha value is -1.59. The Bertz CT molecular complexity index is 506. The SMILES string of the molecule is CCNC(=NCC1CC1c1ccccc1)NCCN(C)CCCOC. The second-order valence-electron chi connectivity index (χ2n) is 6.81. The van der Waals surface area contributed by atoms with Gasteiger partial charge in [-0.05, 0) is 44.2 Å². The van der Waals surface area contributed by atoms with Crippen LogP contribution in [0.3, 0.4) is 0 Å². The molecular formula is C20H34N4O. The molecule has 0 aromatic heterocycles. The molecule has 0 radical (unpaired) electrons. The minimum atomic E-state index is 0.689. The van der Waals surface area contributed by atoms with Crippen molar-refractivity contribution in [1.29, 1.82) is 0 Å². The third kappa shape index (κ3) is 7.45. The van der Waals surface area contributed by atoms with E-state index < -0.39 is 0 Å². The van der Waals surface area contributed by atoms with Crippen molar-refractivity contribution in [3.8, 4) is 0 Å². The maximum Gasteiger partial charge on any atom is 0.191 e. The zero-order chi connectivity index (χ0) is 17.9. The molecule has 0 spiro atoms. The van der Waals surface area contributed by atoms with E-state index in [0.717, 1.165) is 51.7 Å². The van der Waals surface area contributed by atoms with Gasteiger partial charge in [0.2, 0.25) is 0 Å². The van der Waals surface area contributed by atoms with Crippen molar-refractivity contribution in [3.05, 3.63) is 35.9 Å². The number of nitrogens with one attached hydrogen (secondary N) is 2. The zero-order valence-electron chi connectivity index (χ0n) is 16.0. The standard InChI is InChI=1S/C20H34N4O/c1-4-21-20(22-11-13-24(2)12-8-14-25-3)23-16-18-15-19(18)17-9-6-5-7-10-17/h5-7,9-10,18-19H,4,8,11-16H2,1-3H3,(H2,21,22,23). The second-order valence-corrected chi connectivity index (χ2v) is 6.81. The summed E-state index contributed by atoms with van der Waals surface area (Å²) in [7, 11) is 3.90. The lowest BCUT2D eigenvalue weighted by Crippen LogP contribution is -2.41. The zero-order valence-corrected chi connectivity index (χ0v) is 16.0. The summed E-state index contributed by atoms with van der Waals surface area (Å²) in [6.07, 6.45) is 2.33. The van der Waals surface area contributed by atoms with Gasteiger partial charge in [-0.2, -0.15) is 0 Å². The first-order valence-corrected chi connectivity index (χ1v) is 9.49. The van der Waals surface area contributed by atoms with Crippen LogP contribution in [0.1, 0.15) is 31.2 Å². The number of hydrogen-bond acceptors (Lipinski definition) is 3. The van der Waals surface area contributed by atoms with Gasteiger partial charge in [-0.3, -0.25) is 4.99 Å². The quantitative estimate of drug-likeness (QED) is 0.367. The van der Waals surface area contributed by atoms with Crippen molar-refractivity contribution in [2.45, 2.75) is 25.7 Å². The first-order chi connectivity index (χ1) is 12.2. The van der Waals surface area contributed by atoms with Gasteiger partial charge in [-0.1, -0.05) is 30.3 Å². The van der Waals surface area contributed by atoms with Crippen LogP contribution in [-0.4, -0.2) is 64.3 Å². The summed E-state index contributed by atoms with van der Waals surface area (Å²) in [5, 5.41) is 6.79. The van der Waals surface area contributed by atoms with Crippen molar-refractivity contribution < 1.29 is 4.74 Å². The Morgan fingerprint density at radius 2 is 2.04 bits per heavy atom. The molecule has 2 unspecified atom stereocenters. The molecule has 0 heterocycles. The van der Waals surface area contributed by atoms with Crippen molar-refractivity contribution in [2.75, 3.05) is 53.5 Å². The van der Waals surface area contributed by atoms with Gasteiger partial charge in [0.1, 0.15) is 0 Å². The monoisotopic (exact) mass is 346 g/mol. The molecule has 1 aliphatic carbocycles. The largest absolute Gasteiger partial charge is 0.385 e. The molecule has 5 nitrogen and oxygen atoms in total. The van der Waals surface area contributed by atoms with Crippen LogP contribution in [-0.2, 0) is 4.74 Å². The number of methoxy groups -OCH3 is 1. The maximum absolute atomic E-state index is 5.10. The lowest BCUT2D eigenvalue weighted by atomic mass is 10.1. The van der Waals surface area contributed by atoms with Crippen LogP contribution in [0.5, 0.6) is 0 Å². The highest BCUT2D eigenvalue weighted by Gasteiger charge is 2.37. The van der Waals surface area contributed by atoms with Gasteiger partial charge >= 0.3 is 0 Å². The second kappa shape index (κ2) is 11.1. The van der Waals surface area contributed by atoms with E-state index in [2.05, 4.69) is 59.8 Å². The highest BCUT2D eigenvalue weighted by Crippen LogP contribution is 2.47. The molecule has 140 valence electrons. The van der Waals surface area contributed by atoms with Gasteiger partial charge < -0.3 is 20.3 Å². The van der Waals surface area contributed by atoms with E-state index in [4.69, 9.17) is 9.73 Å². The molecule has 2 N–H and O–H groups in total. The number of aliphatic imine (C=N–C) groups is 1. The van der Waals surface area contributed by atoms with Gasteiger partial charge in [0.15, 0.2) is 5.96 Å². The predicted octanol–water partition coefficient (Wildman–Crippen LogP) is 2.31. The average molecular weight is 347 g/mol. The molecule has 2 atom stereocenters. The third-order valence-electron chi connectivity index (χ3n) is 4.65. The molecule has 0 aliphatic heterocycles. The number of benzene rings is 1. The van der Waals surface area contributed by atoms with Gasteiger partial charge in [-0.15, -0.1) is 0 Å². The number of likely N-dealkylation sites (N-methyl/N-ethyl adjacent to an activating group) is 1. The van der Waals surface area contributed by atoms with Crippen LogP contribution < -0.4 is 10.6 Å². The van der Waals surface area contributed by atoms with Gasteiger partial charge in [0.25, 0.3) is 0 Å². The molecular weight excluding hydrogens is 312 g/mol. The lowest BCUT2D eigenvalue weighted by molar-refractivity contribution is 0.180. The smallest absolute Gasteiger partial charge is 0.191 e. The molecule has 0 amide bonds. The molecule has 0 saturated heterocycles. The van der Waals surface area contributed by atoms with Crippen molar-refractivity contribution >= 4 is 5.96 Å². The topological polar surface area (TPSA) is 48.9 Å². The highest BCUT2D eigenvalue weighted by molar-refractivity contribution is 5.79. The minimum absolute atomic E-state index is 0.689. The lowest BCUT2D eigenvalue weighted by Gasteiger charge is -2.18. The summed E-state index contributed by atoms with van der Waals surface area (Å²) in [6, 6.07) is 10.8. The van der Waals surface area contributed by atoms with Crippen LogP contribution in [0.15, 0.2) is 35.3 Å². The fourth-order valence-electron chi connectivity index (χ4n) is 3.06. The van der Waals surface area contributed by atoms with E-state index >= 15 is 0 Å². The van der Waals surface area contributed by atoms with Crippen molar-refractivity contribution in [1.82, 2.24) is 15.5 Å². The third-order valence-corrected chi connectivity index (χ3v) is 4.65. The van der Waals surface area contributed by atoms with Crippen molar-refractivity contribution in [3.63, 3.8) is 0 Å². The minimum Gasteiger partial charge on any atom is -0.385 e. The Balaban J connectivity index is 1.68. The first-order valence-electron chi connectivity index (χ1n) is 9.49. The Morgan fingerprint density at radius 3 is 2.76 bits per heavy atom. The summed E-state index contributed by atoms with van der Waals surface area (Å²) < 4.78 is 5.10. The summed E-state index contributed by atoms with van der Waals surface area (Å²) in [5.41, 5.74) is 1.46.